The van der Waals surface area contributed by atoms with Crippen LogP contribution in [0.5, 0.6) is 0 Å². The van der Waals surface area contributed by atoms with Gasteiger partial charge in [-0.05, 0) is 19.3 Å². The number of nitrogens with zero attached hydrogens (tertiary/aromatic N) is 4. The van der Waals surface area contributed by atoms with Crippen molar-refractivity contribution in [3.8, 4) is 11.5 Å². The van der Waals surface area contributed by atoms with E-state index in [0.717, 1.165) is 17.0 Å². The summed E-state index contributed by atoms with van der Waals surface area (Å²) < 4.78 is 7.15. The first-order valence-corrected chi connectivity index (χ1v) is 6.31. The number of hydrogen-bond acceptors (Lipinski definition) is 5. The highest BCUT2D eigenvalue weighted by molar-refractivity contribution is 5.59. The second-order valence-corrected chi connectivity index (χ2v) is 5.97. The summed E-state index contributed by atoms with van der Waals surface area (Å²) in [6.45, 7) is 10.1. The smallest absolute Gasteiger partial charge is 0.261 e. The Balaban J connectivity index is 2.42. The molecule has 1 unspecified atom stereocenters. The van der Waals surface area contributed by atoms with Crippen molar-refractivity contribution in [2.75, 3.05) is 0 Å². The molecule has 2 rings (SSSR count). The average molecular weight is 263 g/mol. The van der Waals surface area contributed by atoms with Crippen molar-refractivity contribution < 1.29 is 4.52 Å². The Bertz CT molecular complexity index is 591. The minimum absolute atomic E-state index is 0.111. The molecule has 0 fully saturated rings. The summed E-state index contributed by atoms with van der Waals surface area (Å²) in [7, 11) is 1.89. The van der Waals surface area contributed by atoms with Gasteiger partial charge in [-0.25, -0.2) is 0 Å². The lowest BCUT2D eigenvalue weighted by atomic mass is 9.87. The highest BCUT2D eigenvalue weighted by Crippen LogP contribution is 2.31. The van der Waals surface area contributed by atoms with E-state index in [9.17, 15) is 0 Å². The zero-order valence-electron chi connectivity index (χ0n) is 12.4. The fourth-order valence-electron chi connectivity index (χ4n) is 1.93. The van der Waals surface area contributed by atoms with Crippen LogP contribution in [0.3, 0.4) is 0 Å². The van der Waals surface area contributed by atoms with Crippen LogP contribution in [0.25, 0.3) is 11.5 Å². The molecule has 6 nitrogen and oxygen atoms in total. The van der Waals surface area contributed by atoms with Gasteiger partial charge in [-0.1, -0.05) is 25.9 Å². The van der Waals surface area contributed by atoms with Gasteiger partial charge in [-0.3, -0.25) is 4.68 Å². The maximum absolute atomic E-state index is 6.14. The van der Waals surface area contributed by atoms with Crippen molar-refractivity contribution in [2.24, 2.45) is 18.2 Å². The van der Waals surface area contributed by atoms with E-state index in [-0.39, 0.29) is 11.5 Å². The summed E-state index contributed by atoms with van der Waals surface area (Å²) in [6.07, 6.45) is 0. The molecule has 2 heterocycles. The quantitative estimate of drug-likeness (QED) is 0.897. The summed E-state index contributed by atoms with van der Waals surface area (Å²) >= 11 is 0. The second kappa shape index (κ2) is 4.45. The molecule has 104 valence electrons. The van der Waals surface area contributed by atoms with E-state index >= 15 is 0 Å². The molecule has 0 bridgehead atoms. The first kappa shape index (κ1) is 13.7. The lowest BCUT2D eigenvalue weighted by molar-refractivity contribution is 0.303. The molecule has 2 aromatic heterocycles. The SMILES string of the molecule is Cc1nn(C)c(C)c1-c1nc(C(N)C(C)(C)C)no1. The van der Waals surface area contributed by atoms with Gasteiger partial charge in [-0.2, -0.15) is 10.1 Å². The predicted molar refractivity (Wildman–Crippen MR) is 72.4 cm³/mol. The maximum Gasteiger partial charge on any atom is 0.261 e. The molecular weight excluding hydrogens is 242 g/mol. The largest absolute Gasteiger partial charge is 0.334 e. The molecule has 0 radical (unpaired) electrons. The highest BCUT2D eigenvalue weighted by Gasteiger charge is 2.28. The molecular formula is C13H21N5O. The van der Waals surface area contributed by atoms with Gasteiger partial charge in [0, 0.05) is 12.7 Å². The second-order valence-electron chi connectivity index (χ2n) is 5.97. The number of rotatable bonds is 2. The molecule has 2 aromatic rings. The highest BCUT2D eigenvalue weighted by atomic mass is 16.5. The fourth-order valence-corrected chi connectivity index (χ4v) is 1.93. The molecule has 2 N–H and O–H groups in total. The molecule has 0 aliphatic carbocycles. The molecule has 0 aliphatic rings. The van der Waals surface area contributed by atoms with E-state index < -0.39 is 0 Å². The lowest BCUT2D eigenvalue weighted by Crippen LogP contribution is -2.27. The lowest BCUT2D eigenvalue weighted by Gasteiger charge is -2.23. The summed E-state index contributed by atoms with van der Waals surface area (Å²) in [5.41, 5.74) is 8.79. The normalized spacial score (nSPS) is 13.8. The topological polar surface area (TPSA) is 82.8 Å². The summed E-state index contributed by atoms with van der Waals surface area (Å²) in [6, 6.07) is -0.262. The number of nitrogens with two attached hydrogens (primary N) is 1. The van der Waals surface area contributed by atoms with Crippen molar-refractivity contribution in [1.29, 1.82) is 0 Å². The molecule has 6 heteroatoms. The van der Waals surface area contributed by atoms with E-state index in [4.69, 9.17) is 10.3 Å². The van der Waals surface area contributed by atoms with E-state index in [1.54, 1.807) is 4.68 Å². The average Bonchev–Trinajstić information content (AvgIpc) is 2.83. The van der Waals surface area contributed by atoms with Crippen LogP contribution in [0.15, 0.2) is 4.52 Å². The van der Waals surface area contributed by atoms with E-state index in [1.165, 1.54) is 0 Å². The molecule has 0 spiro atoms. The van der Waals surface area contributed by atoms with Crippen molar-refractivity contribution >= 4 is 0 Å². The van der Waals surface area contributed by atoms with Crippen LogP contribution in [-0.4, -0.2) is 19.9 Å². The standard InChI is InChI=1S/C13H21N5O/c1-7-9(8(2)18(6)16-7)12-15-11(17-19-12)10(14)13(3,4)5/h10H,14H2,1-6H3. The Hall–Kier alpha value is -1.69. The number of hydrogen-bond donors (Lipinski definition) is 1. The van der Waals surface area contributed by atoms with E-state index in [2.05, 4.69) is 15.2 Å². The Labute approximate surface area is 113 Å². The van der Waals surface area contributed by atoms with Crippen molar-refractivity contribution in [2.45, 2.75) is 40.7 Å². The van der Waals surface area contributed by atoms with Crippen molar-refractivity contribution in [1.82, 2.24) is 19.9 Å². The number of aryl methyl sites for hydroxylation is 2. The van der Waals surface area contributed by atoms with Crippen LogP contribution in [-0.2, 0) is 7.05 Å². The third-order valence-corrected chi connectivity index (χ3v) is 3.38. The zero-order chi connectivity index (χ0) is 14.4. The molecule has 0 saturated carbocycles. The van der Waals surface area contributed by atoms with Gasteiger partial charge in [0.25, 0.3) is 5.89 Å². The van der Waals surface area contributed by atoms with E-state index in [1.807, 2.05) is 41.7 Å². The molecule has 0 aromatic carbocycles. The van der Waals surface area contributed by atoms with Gasteiger partial charge >= 0.3 is 0 Å². The van der Waals surface area contributed by atoms with E-state index in [0.29, 0.717) is 11.7 Å². The van der Waals surface area contributed by atoms with Crippen molar-refractivity contribution in [3.05, 3.63) is 17.2 Å². The third-order valence-electron chi connectivity index (χ3n) is 3.38. The van der Waals surface area contributed by atoms with Crippen LogP contribution < -0.4 is 5.73 Å². The van der Waals surface area contributed by atoms with Gasteiger partial charge in [0.05, 0.1) is 17.3 Å². The first-order valence-electron chi connectivity index (χ1n) is 6.31. The fraction of sp³-hybridized carbons (Fsp3) is 0.615. The minimum Gasteiger partial charge on any atom is -0.334 e. The van der Waals surface area contributed by atoms with Gasteiger partial charge in [0.1, 0.15) is 0 Å². The third kappa shape index (κ3) is 2.40. The van der Waals surface area contributed by atoms with Gasteiger partial charge in [0.15, 0.2) is 5.82 Å². The first-order chi connectivity index (χ1) is 8.71. The van der Waals surface area contributed by atoms with Crippen LogP contribution in [0.1, 0.15) is 44.0 Å². The Morgan fingerprint density at radius 1 is 1.26 bits per heavy atom. The zero-order valence-corrected chi connectivity index (χ0v) is 12.4. The van der Waals surface area contributed by atoms with Crippen LogP contribution >= 0.6 is 0 Å². The summed E-state index contributed by atoms with van der Waals surface area (Å²) in [4.78, 5) is 4.43. The van der Waals surface area contributed by atoms with Crippen molar-refractivity contribution in [3.63, 3.8) is 0 Å². The Morgan fingerprint density at radius 2 is 1.89 bits per heavy atom. The molecule has 19 heavy (non-hydrogen) atoms. The van der Waals surface area contributed by atoms with Crippen LogP contribution in [0, 0.1) is 19.3 Å². The van der Waals surface area contributed by atoms with Crippen LogP contribution in [0.2, 0.25) is 0 Å². The molecule has 0 saturated heterocycles. The van der Waals surface area contributed by atoms with Gasteiger partial charge in [-0.15, -0.1) is 0 Å². The molecule has 0 aliphatic heterocycles. The number of aromatic nitrogens is 4. The molecule has 1 atom stereocenters. The maximum atomic E-state index is 6.14. The summed E-state index contributed by atoms with van der Waals surface area (Å²) in [5.74, 6) is 1.02. The molecule has 0 amide bonds. The van der Waals surface area contributed by atoms with Crippen LogP contribution in [0.4, 0.5) is 0 Å². The van der Waals surface area contributed by atoms with Gasteiger partial charge < -0.3 is 10.3 Å². The minimum atomic E-state index is -0.262. The predicted octanol–water partition coefficient (Wildman–Crippen LogP) is 2.13. The monoisotopic (exact) mass is 263 g/mol. The summed E-state index contributed by atoms with van der Waals surface area (Å²) in [5, 5.41) is 8.35. The Kier molecular flexibility index (Phi) is 3.22. The Morgan fingerprint density at radius 3 is 2.37 bits per heavy atom. The van der Waals surface area contributed by atoms with Gasteiger partial charge in [0.2, 0.25) is 0 Å².